The summed E-state index contributed by atoms with van der Waals surface area (Å²) in [5.74, 6) is -0.934. The molecule has 0 saturated carbocycles. The number of aryl methyl sites for hydroxylation is 1. The molecule has 3 amide bonds. The fourth-order valence-electron chi connectivity index (χ4n) is 2.92. The number of carbonyl (C=O) groups is 3. The Hall–Kier alpha value is -2.57. The van der Waals surface area contributed by atoms with Gasteiger partial charge in [-0.15, -0.1) is 0 Å². The highest BCUT2D eigenvalue weighted by molar-refractivity contribution is 6.39. The highest BCUT2D eigenvalue weighted by atomic mass is 16.5. The maximum Gasteiger partial charge on any atom is 0.313 e. The van der Waals surface area contributed by atoms with Crippen molar-refractivity contribution in [2.24, 2.45) is 5.92 Å². The first kappa shape index (κ1) is 18.8. The third-order valence-electron chi connectivity index (χ3n) is 4.31. The van der Waals surface area contributed by atoms with Crippen molar-refractivity contribution < 1.29 is 19.1 Å². The van der Waals surface area contributed by atoms with Crippen LogP contribution in [0.1, 0.15) is 25.3 Å². The van der Waals surface area contributed by atoms with Crippen LogP contribution in [0, 0.1) is 12.8 Å². The van der Waals surface area contributed by atoms with Crippen LogP contribution in [0.25, 0.3) is 0 Å². The van der Waals surface area contributed by atoms with Crippen molar-refractivity contribution in [3.05, 3.63) is 23.8 Å². The Bertz CT molecular complexity index is 660. The summed E-state index contributed by atoms with van der Waals surface area (Å²) in [4.78, 5) is 38.1. The normalized spacial score (nSPS) is 16.9. The maximum absolute atomic E-state index is 12.4. The first-order valence-electron chi connectivity index (χ1n) is 8.48. The van der Waals surface area contributed by atoms with E-state index in [9.17, 15) is 14.4 Å². The minimum atomic E-state index is -0.690. The van der Waals surface area contributed by atoms with Crippen LogP contribution in [0.5, 0.6) is 5.75 Å². The molecule has 0 spiro atoms. The number of piperidine rings is 1. The van der Waals surface area contributed by atoms with Crippen molar-refractivity contribution in [2.75, 3.05) is 32.1 Å². The number of amides is 3. The number of hydrogen-bond donors (Lipinski definition) is 2. The zero-order valence-electron chi connectivity index (χ0n) is 14.9. The van der Waals surface area contributed by atoms with E-state index in [1.807, 2.05) is 13.8 Å². The molecule has 0 radical (unpaired) electrons. The molecule has 1 fully saturated rings. The van der Waals surface area contributed by atoms with Gasteiger partial charge in [-0.05, 0) is 50.5 Å². The van der Waals surface area contributed by atoms with Gasteiger partial charge in [0, 0.05) is 25.3 Å². The van der Waals surface area contributed by atoms with Crippen LogP contribution >= 0.6 is 0 Å². The van der Waals surface area contributed by atoms with Gasteiger partial charge >= 0.3 is 11.8 Å². The van der Waals surface area contributed by atoms with E-state index in [1.54, 1.807) is 25.3 Å². The number of anilines is 1. The Labute approximate surface area is 147 Å². The largest absolute Gasteiger partial charge is 0.497 e. The Morgan fingerprint density at radius 1 is 1.32 bits per heavy atom. The molecule has 1 saturated heterocycles. The summed E-state index contributed by atoms with van der Waals surface area (Å²) in [5.41, 5.74) is 1.37. The lowest BCUT2D eigenvalue weighted by molar-refractivity contribution is -0.145. The summed E-state index contributed by atoms with van der Waals surface area (Å²) in [6.45, 7) is 5.01. The molecule has 1 aliphatic rings. The van der Waals surface area contributed by atoms with Crippen molar-refractivity contribution >= 4 is 23.4 Å². The molecule has 2 rings (SSSR count). The number of nitrogens with zero attached hydrogens (tertiary/aromatic N) is 1. The van der Waals surface area contributed by atoms with E-state index >= 15 is 0 Å². The minimum absolute atomic E-state index is 0.0635. The van der Waals surface area contributed by atoms with Gasteiger partial charge in [-0.1, -0.05) is 0 Å². The molecule has 1 aromatic rings. The van der Waals surface area contributed by atoms with E-state index in [-0.39, 0.29) is 18.4 Å². The number of carbonyl (C=O) groups excluding carboxylic acids is 3. The zero-order valence-corrected chi connectivity index (χ0v) is 14.9. The van der Waals surface area contributed by atoms with Gasteiger partial charge in [-0.25, -0.2) is 0 Å². The van der Waals surface area contributed by atoms with Gasteiger partial charge in [0.25, 0.3) is 0 Å². The van der Waals surface area contributed by atoms with Crippen LogP contribution in [0.3, 0.4) is 0 Å². The SMILES string of the molecule is CCNC(=O)C1CCCN(C(=O)C(=O)Nc2ccc(OC)cc2C)C1. The molecular formula is C18H25N3O4. The number of likely N-dealkylation sites (tertiary alicyclic amines) is 1. The average molecular weight is 347 g/mol. The van der Waals surface area contributed by atoms with Crippen molar-refractivity contribution in [1.82, 2.24) is 10.2 Å². The summed E-state index contributed by atoms with van der Waals surface area (Å²) in [7, 11) is 1.57. The Morgan fingerprint density at radius 2 is 2.08 bits per heavy atom. The van der Waals surface area contributed by atoms with E-state index < -0.39 is 11.8 Å². The fraction of sp³-hybridized carbons (Fsp3) is 0.500. The summed E-state index contributed by atoms with van der Waals surface area (Å²) < 4.78 is 5.13. The third-order valence-corrected chi connectivity index (χ3v) is 4.31. The van der Waals surface area contributed by atoms with Crippen molar-refractivity contribution in [2.45, 2.75) is 26.7 Å². The van der Waals surface area contributed by atoms with Gasteiger partial charge in [-0.3, -0.25) is 14.4 Å². The van der Waals surface area contributed by atoms with E-state index in [2.05, 4.69) is 10.6 Å². The molecule has 1 aliphatic heterocycles. The lowest BCUT2D eigenvalue weighted by Gasteiger charge is -2.31. The second-order valence-electron chi connectivity index (χ2n) is 6.12. The van der Waals surface area contributed by atoms with E-state index in [0.717, 1.165) is 12.0 Å². The zero-order chi connectivity index (χ0) is 18.4. The second-order valence-corrected chi connectivity index (χ2v) is 6.12. The van der Waals surface area contributed by atoms with Crippen LogP contribution in [0.4, 0.5) is 5.69 Å². The highest BCUT2D eigenvalue weighted by Crippen LogP contribution is 2.22. The van der Waals surface area contributed by atoms with Gasteiger partial charge in [0.15, 0.2) is 0 Å². The molecule has 1 heterocycles. The quantitative estimate of drug-likeness (QED) is 0.804. The maximum atomic E-state index is 12.4. The molecule has 1 aromatic carbocycles. The lowest BCUT2D eigenvalue weighted by Crippen LogP contribution is -2.48. The molecular weight excluding hydrogens is 322 g/mol. The van der Waals surface area contributed by atoms with Gasteiger partial charge in [-0.2, -0.15) is 0 Å². The van der Waals surface area contributed by atoms with Gasteiger partial charge < -0.3 is 20.3 Å². The molecule has 0 aliphatic carbocycles. The van der Waals surface area contributed by atoms with Crippen molar-refractivity contribution in [3.63, 3.8) is 0 Å². The molecule has 7 heteroatoms. The molecule has 136 valence electrons. The Kier molecular flexibility index (Phi) is 6.38. The second kappa shape index (κ2) is 8.50. The van der Waals surface area contributed by atoms with E-state index in [4.69, 9.17) is 4.74 Å². The van der Waals surface area contributed by atoms with Gasteiger partial charge in [0.2, 0.25) is 5.91 Å². The predicted molar refractivity (Wildman–Crippen MR) is 94.3 cm³/mol. The number of hydrogen-bond acceptors (Lipinski definition) is 4. The molecule has 7 nitrogen and oxygen atoms in total. The molecule has 25 heavy (non-hydrogen) atoms. The minimum Gasteiger partial charge on any atom is -0.497 e. The van der Waals surface area contributed by atoms with Crippen LogP contribution in [-0.2, 0) is 14.4 Å². The summed E-state index contributed by atoms with van der Waals surface area (Å²) in [5, 5.41) is 5.41. The summed E-state index contributed by atoms with van der Waals surface area (Å²) in [6, 6.07) is 5.21. The molecule has 0 bridgehead atoms. The first-order chi connectivity index (χ1) is 12.0. The third kappa shape index (κ3) is 4.71. The van der Waals surface area contributed by atoms with Crippen molar-refractivity contribution in [1.29, 1.82) is 0 Å². The molecule has 0 aromatic heterocycles. The predicted octanol–water partition coefficient (Wildman–Crippen LogP) is 1.32. The summed E-state index contributed by atoms with van der Waals surface area (Å²) >= 11 is 0. The fourth-order valence-corrected chi connectivity index (χ4v) is 2.92. The summed E-state index contributed by atoms with van der Waals surface area (Å²) in [6.07, 6.45) is 1.44. The van der Waals surface area contributed by atoms with E-state index in [1.165, 1.54) is 4.90 Å². The monoisotopic (exact) mass is 347 g/mol. The number of nitrogens with one attached hydrogen (secondary N) is 2. The Morgan fingerprint density at radius 3 is 2.72 bits per heavy atom. The number of rotatable bonds is 4. The van der Waals surface area contributed by atoms with Crippen molar-refractivity contribution in [3.8, 4) is 5.75 Å². The van der Waals surface area contributed by atoms with Crippen LogP contribution in [-0.4, -0.2) is 49.4 Å². The average Bonchev–Trinajstić information content (AvgIpc) is 2.63. The van der Waals surface area contributed by atoms with Crippen LogP contribution < -0.4 is 15.4 Å². The number of methoxy groups -OCH3 is 1. The molecule has 2 N–H and O–H groups in total. The number of ether oxygens (including phenoxy) is 1. The highest BCUT2D eigenvalue weighted by Gasteiger charge is 2.31. The van der Waals surface area contributed by atoms with E-state index in [0.29, 0.717) is 30.9 Å². The van der Waals surface area contributed by atoms with Gasteiger partial charge in [0.05, 0.1) is 13.0 Å². The smallest absolute Gasteiger partial charge is 0.313 e. The van der Waals surface area contributed by atoms with Crippen LogP contribution in [0.15, 0.2) is 18.2 Å². The molecule has 1 atom stereocenters. The topological polar surface area (TPSA) is 87.7 Å². The molecule has 1 unspecified atom stereocenters. The van der Waals surface area contributed by atoms with Crippen LogP contribution in [0.2, 0.25) is 0 Å². The lowest BCUT2D eigenvalue weighted by atomic mass is 9.97. The van der Waals surface area contributed by atoms with Gasteiger partial charge in [0.1, 0.15) is 5.75 Å². The Balaban J connectivity index is 1.99. The number of benzene rings is 1. The standard InChI is InChI=1S/C18H25N3O4/c1-4-19-16(22)13-6-5-9-21(11-13)18(24)17(23)20-15-8-7-14(25-3)10-12(15)2/h7-8,10,13H,4-6,9,11H2,1-3H3,(H,19,22)(H,20,23). The first-order valence-corrected chi connectivity index (χ1v) is 8.48.